The van der Waals surface area contributed by atoms with E-state index in [0.717, 1.165) is 31.5 Å². The fourth-order valence-electron chi connectivity index (χ4n) is 2.34. The smallest absolute Gasteiger partial charge is 0.222 e. The Kier molecular flexibility index (Phi) is 4.70. The third kappa shape index (κ3) is 3.81. The first-order valence-corrected chi connectivity index (χ1v) is 6.59. The molecule has 1 aromatic heterocycles. The average molecular weight is 247 g/mol. The minimum absolute atomic E-state index is 0.241. The summed E-state index contributed by atoms with van der Waals surface area (Å²) in [4.78, 5) is 18.0. The largest absolute Gasteiger partial charge is 0.341 e. The Morgan fingerprint density at radius 3 is 2.94 bits per heavy atom. The summed E-state index contributed by atoms with van der Waals surface area (Å²) < 4.78 is 0. The lowest BCUT2D eigenvalue weighted by molar-refractivity contribution is -0.131. The number of amides is 1. The molecule has 0 radical (unpaired) electrons. The van der Waals surface area contributed by atoms with E-state index < -0.39 is 0 Å². The molecule has 1 N–H and O–H groups in total. The van der Waals surface area contributed by atoms with Gasteiger partial charge in [-0.3, -0.25) is 9.78 Å². The summed E-state index contributed by atoms with van der Waals surface area (Å²) >= 11 is 0. The second-order valence-corrected chi connectivity index (χ2v) is 5.01. The van der Waals surface area contributed by atoms with Crippen molar-refractivity contribution in [2.75, 3.05) is 20.1 Å². The number of nitrogens with zero attached hydrogens (tertiary/aromatic N) is 2. The number of nitrogens with one attached hydrogen (secondary N) is 1. The summed E-state index contributed by atoms with van der Waals surface area (Å²) in [5.74, 6) is 0.792. The fourth-order valence-corrected chi connectivity index (χ4v) is 2.34. The Morgan fingerprint density at radius 2 is 2.28 bits per heavy atom. The zero-order valence-electron chi connectivity index (χ0n) is 10.9. The van der Waals surface area contributed by atoms with Crippen LogP contribution in [0.1, 0.15) is 24.8 Å². The van der Waals surface area contributed by atoms with E-state index >= 15 is 0 Å². The van der Waals surface area contributed by atoms with Gasteiger partial charge in [-0.15, -0.1) is 0 Å². The van der Waals surface area contributed by atoms with E-state index in [4.69, 9.17) is 0 Å². The van der Waals surface area contributed by atoms with Crippen LogP contribution in [0.15, 0.2) is 24.5 Å². The third-order valence-electron chi connectivity index (χ3n) is 3.49. The number of rotatable bonds is 4. The fraction of sp³-hybridized carbons (Fsp3) is 0.571. The van der Waals surface area contributed by atoms with Gasteiger partial charge in [0, 0.05) is 32.4 Å². The zero-order valence-corrected chi connectivity index (χ0v) is 10.9. The van der Waals surface area contributed by atoms with Crippen LogP contribution in [0.3, 0.4) is 0 Å². The molecule has 1 aliphatic rings. The summed E-state index contributed by atoms with van der Waals surface area (Å²) in [5.41, 5.74) is 1.08. The standard InChI is InChI=1S/C14H21N3O/c1-17(11-13-3-2-6-16-10-13)14(18)9-12-4-7-15-8-5-12/h2-3,6,10,12,15H,4-5,7-9,11H2,1H3. The van der Waals surface area contributed by atoms with Crippen molar-refractivity contribution in [3.05, 3.63) is 30.1 Å². The van der Waals surface area contributed by atoms with Crippen molar-refractivity contribution in [3.8, 4) is 0 Å². The van der Waals surface area contributed by atoms with Gasteiger partial charge in [0.2, 0.25) is 5.91 Å². The number of piperidine rings is 1. The molecule has 0 bridgehead atoms. The van der Waals surface area contributed by atoms with Gasteiger partial charge in [0.1, 0.15) is 0 Å². The highest BCUT2D eigenvalue weighted by molar-refractivity contribution is 5.76. The second-order valence-electron chi connectivity index (χ2n) is 5.01. The number of carbonyl (C=O) groups is 1. The number of hydrogen-bond acceptors (Lipinski definition) is 3. The highest BCUT2D eigenvalue weighted by Crippen LogP contribution is 2.17. The van der Waals surface area contributed by atoms with Gasteiger partial charge in [-0.25, -0.2) is 0 Å². The Bertz CT molecular complexity index is 374. The lowest BCUT2D eigenvalue weighted by Gasteiger charge is -2.24. The van der Waals surface area contributed by atoms with Crippen molar-refractivity contribution in [2.24, 2.45) is 5.92 Å². The normalized spacial score (nSPS) is 16.5. The van der Waals surface area contributed by atoms with Crippen molar-refractivity contribution < 1.29 is 4.79 Å². The quantitative estimate of drug-likeness (QED) is 0.875. The Morgan fingerprint density at radius 1 is 1.50 bits per heavy atom. The number of aromatic nitrogens is 1. The van der Waals surface area contributed by atoms with Gasteiger partial charge in [-0.1, -0.05) is 6.07 Å². The van der Waals surface area contributed by atoms with E-state index in [2.05, 4.69) is 10.3 Å². The molecule has 4 heteroatoms. The topological polar surface area (TPSA) is 45.2 Å². The van der Waals surface area contributed by atoms with E-state index in [1.807, 2.05) is 25.4 Å². The summed E-state index contributed by atoms with van der Waals surface area (Å²) in [5, 5.41) is 3.32. The molecule has 1 aromatic rings. The Balaban J connectivity index is 1.81. The van der Waals surface area contributed by atoms with Crippen molar-refractivity contribution in [3.63, 3.8) is 0 Å². The van der Waals surface area contributed by atoms with Gasteiger partial charge in [-0.05, 0) is 43.5 Å². The van der Waals surface area contributed by atoms with E-state index in [-0.39, 0.29) is 5.91 Å². The van der Waals surface area contributed by atoms with Crippen LogP contribution in [-0.4, -0.2) is 35.9 Å². The molecule has 0 aliphatic carbocycles. The molecule has 1 aliphatic heterocycles. The molecule has 2 heterocycles. The van der Waals surface area contributed by atoms with E-state index in [1.54, 1.807) is 11.1 Å². The zero-order chi connectivity index (χ0) is 12.8. The molecule has 4 nitrogen and oxygen atoms in total. The molecular weight excluding hydrogens is 226 g/mol. The van der Waals surface area contributed by atoms with Crippen LogP contribution < -0.4 is 5.32 Å². The summed E-state index contributed by atoms with van der Waals surface area (Å²) in [6, 6.07) is 3.90. The van der Waals surface area contributed by atoms with Gasteiger partial charge >= 0.3 is 0 Å². The Labute approximate surface area is 108 Å². The first kappa shape index (κ1) is 13.0. The van der Waals surface area contributed by atoms with Crippen LogP contribution in [0.2, 0.25) is 0 Å². The van der Waals surface area contributed by atoms with Crippen LogP contribution in [0.5, 0.6) is 0 Å². The minimum Gasteiger partial charge on any atom is -0.341 e. The SMILES string of the molecule is CN(Cc1cccnc1)C(=O)CC1CCNCC1. The molecule has 1 saturated heterocycles. The predicted molar refractivity (Wildman–Crippen MR) is 70.9 cm³/mol. The molecule has 0 saturated carbocycles. The maximum Gasteiger partial charge on any atom is 0.222 e. The third-order valence-corrected chi connectivity index (χ3v) is 3.49. The van der Waals surface area contributed by atoms with Gasteiger partial charge < -0.3 is 10.2 Å². The number of pyridine rings is 1. The van der Waals surface area contributed by atoms with Gasteiger partial charge in [0.05, 0.1) is 0 Å². The molecule has 18 heavy (non-hydrogen) atoms. The molecule has 1 amide bonds. The maximum absolute atomic E-state index is 12.1. The minimum atomic E-state index is 0.241. The van der Waals surface area contributed by atoms with Crippen molar-refractivity contribution in [1.29, 1.82) is 0 Å². The molecule has 0 unspecified atom stereocenters. The highest BCUT2D eigenvalue weighted by Gasteiger charge is 2.19. The molecular formula is C14H21N3O. The average Bonchev–Trinajstić information content (AvgIpc) is 2.41. The monoisotopic (exact) mass is 247 g/mol. The lowest BCUT2D eigenvalue weighted by Crippen LogP contribution is -2.33. The van der Waals surface area contributed by atoms with Crippen LogP contribution in [0, 0.1) is 5.92 Å². The molecule has 2 rings (SSSR count). The molecule has 0 spiro atoms. The van der Waals surface area contributed by atoms with Gasteiger partial charge in [0.15, 0.2) is 0 Å². The predicted octanol–water partition coefficient (Wildman–Crippen LogP) is 1.43. The van der Waals surface area contributed by atoms with Gasteiger partial charge in [0.25, 0.3) is 0 Å². The van der Waals surface area contributed by atoms with E-state index in [9.17, 15) is 4.79 Å². The first-order valence-electron chi connectivity index (χ1n) is 6.59. The summed E-state index contributed by atoms with van der Waals surface area (Å²) in [7, 11) is 1.87. The number of hydrogen-bond donors (Lipinski definition) is 1. The molecule has 0 atom stereocenters. The Hall–Kier alpha value is -1.42. The summed E-state index contributed by atoms with van der Waals surface area (Å²) in [6.07, 6.45) is 6.48. The highest BCUT2D eigenvalue weighted by atomic mass is 16.2. The van der Waals surface area contributed by atoms with Gasteiger partial charge in [-0.2, -0.15) is 0 Å². The van der Waals surface area contributed by atoms with Crippen LogP contribution in [0.25, 0.3) is 0 Å². The van der Waals surface area contributed by atoms with Crippen molar-refractivity contribution >= 4 is 5.91 Å². The molecule has 1 fully saturated rings. The summed E-state index contributed by atoms with van der Waals surface area (Å²) in [6.45, 7) is 2.74. The second kappa shape index (κ2) is 6.50. The van der Waals surface area contributed by atoms with Crippen LogP contribution in [0.4, 0.5) is 0 Å². The van der Waals surface area contributed by atoms with Crippen LogP contribution in [-0.2, 0) is 11.3 Å². The lowest BCUT2D eigenvalue weighted by atomic mass is 9.94. The van der Waals surface area contributed by atoms with E-state index in [0.29, 0.717) is 18.9 Å². The van der Waals surface area contributed by atoms with Crippen molar-refractivity contribution in [2.45, 2.75) is 25.8 Å². The first-order chi connectivity index (χ1) is 8.75. The molecule has 98 valence electrons. The number of carbonyl (C=O) groups excluding carboxylic acids is 1. The maximum atomic E-state index is 12.1. The molecule has 0 aromatic carbocycles. The van der Waals surface area contributed by atoms with Crippen molar-refractivity contribution in [1.82, 2.24) is 15.2 Å². The van der Waals surface area contributed by atoms with E-state index in [1.165, 1.54) is 0 Å². The van der Waals surface area contributed by atoms with Crippen LogP contribution >= 0.6 is 0 Å².